The Bertz CT molecular complexity index is 298. The Labute approximate surface area is 90.4 Å². The SMILES string of the molecule is CCOC(=O)CN[C@@H](C)c1ccccc1. The lowest BCUT2D eigenvalue weighted by Gasteiger charge is -2.13. The molecule has 15 heavy (non-hydrogen) atoms. The summed E-state index contributed by atoms with van der Waals surface area (Å²) in [5, 5.41) is 3.11. The Hall–Kier alpha value is -1.35. The second kappa shape index (κ2) is 6.19. The van der Waals surface area contributed by atoms with E-state index in [0.29, 0.717) is 6.61 Å². The van der Waals surface area contributed by atoms with Crippen molar-refractivity contribution in [3.05, 3.63) is 35.9 Å². The first-order valence-electron chi connectivity index (χ1n) is 5.18. The van der Waals surface area contributed by atoms with Crippen molar-refractivity contribution in [3.63, 3.8) is 0 Å². The zero-order chi connectivity index (χ0) is 11.1. The summed E-state index contributed by atoms with van der Waals surface area (Å²) in [5.41, 5.74) is 1.17. The Morgan fingerprint density at radius 2 is 2.07 bits per heavy atom. The minimum atomic E-state index is -0.208. The third kappa shape index (κ3) is 4.13. The fourth-order valence-electron chi connectivity index (χ4n) is 1.31. The van der Waals surface area contributed by atoms with Crippen LogP contribution in [0.4, 0.5) is 0 Å². The van der Waals surface area contributed by atoms with E-state index >= 15 is 0 Å². The Balaban J connectivity index is 2.37. The molecule has 0 spiro atoms. The Morgan fingerprint density at radius 1 is 1.40 bits per heavy atom. The van der Waals surface area contributed by atoms with Gasteiger partial charge in [-0.1, -0.05) is 30.3 Å². The Morgan fingerprint density at radius 3 is 2.67 bits per heavy atom. The zero-order valence-electron chi connectivity index (χ0n) is 9.19. The highest BCUT2D eigenvalue weighted by Crippen LogP contribution is 2.10. The summed E-state index contributed by atoms with van der Waals surface area (Å²) in [4.78, 5) is 11.1. The molecular weight excluding hydrogens is 190 g/mol. The largest absolute Gasteiger partial charge is 0.465 e. The van der Waals surface area contributed by atoms with Crippen LogP contribution in [0.15, 0.2) is 30.3 Å². The van der Waals surface area contributed by atoms with Crippen LogP contribution in [-0.2, 0) is 9.53 Å². The predicted octanol–water partition coefficient (Wildman–Crippen LogP) is 1.90. The lowest BCUT2D eigenvalue weighted by Crippen LogP contribution is -2.27. The van der Waals surface area contributed by atoms with Gasteiger partial charge >= 0.3 is 5.97 Å². The molecule has 0 amide bonds. The van der Waals surface area contributed by atoms with Gasteiger partial charge in [-0.05, 0) is 19.4 Å². The molecule has 0 radical (unpaired) electrons. The molecule has 3 nitrogen and oxygen atoms in total. The number of ether oxygens (including phenoxy) is 1. The molecule has 0 saturated heterocycles. The van der Waals surface area contributed by atoms with E-state index in [4.69, 9.17) is 4.74 Å². The van der Waals surface area contributed by atoms with Crippen LogP contribution in [0.3, 0.4) is 0 Å². The molecule has 0 unspecified atom stereocenters. The number of rotatable bonds is 5. The summed E-state index contributed by atoms with van der Waals surface area (Å²) in [6.07, 6.45) is 0. The van der Waals surface area contributed by atoms with Crippen molar-refractivity contribution in [2.24, 2.45) is 0 Å². The number of nitrogens with one attached hydrogen (secondary N) is 1. The number of hydrogen-bond donors (Lipinski definition) is 1. The molecule has 0 bridgehead atoms. The number of carbonyl (C=O) groups is 1. The fourth-order valence-corrected chi connectivity index (χ4v) is 1.31. The van der Waals surface area contributed by atoms with E-state index in [2.05, 4.69) is 5.32 Å². The first-order valence-corrected chi connectivity index (χ1v) is 5.18. The van der Waals surface area contributed by atoms with Gasteiger partial charge in [0.1, 0.15) is 0 Å². The maximum Gasteiger partial charge on any atom is 0.319 e. The smallest absolute Gasteiger partial charge is 0.319 e. The number of esters is 1. The van der Waals surface area contributed by atoms with Crippen molar-refractivity contribution in [1.29, 1.82) is 0 Å². The number of hydrogen-bond acceptors (Lipinski definition) is 3. The summed E-state index contributed by atoms with van der Waals surface area (Å²) in [7, 11) is 0. The normalized spacial score (nSPS) is 12.1. The lowest BCUT2D eigenvalue weighted by molar-refractivity contribution is -0.142. The van der Waals surface area contributed by atoms with Crippen LogP contribution >= 0.6 is 0 Å². The van der Waals surface area contributed by atoms with Crippen LogP contribution in [0.25, 0.3) is 0 Å². The minimum Gasteiger partial charge on any atom is -0.465 e. The van der Waals surface area contributed by atoms with E-state index in [1.54, 1.807) is 6.92 Å². The first-order chi connectivity index (χ1) is 7.24. The van der Waals surface area contributed by atoms with Gasteiger partial charge in [0.25, 0.3) is 0 Å². The molecule has 3 heteroatoms. The van der Waals surface area contributed by atoms with Gasteiger partial charge in [0.15, 0.2) is 0 Å². The molecule has 0 aliphatic carbocycles. The first kappa shape index (κ1) is 11.7. The molecule has 0 fully saturated rings. The fraction of sp³-hybridized carbons (Fsp3) is 0.417. The van der Waals surface area contributed by atoms with Gasteiger partial charge in [-0.2, -0.15) is 0 Å². The minimum absolute atomic E-state index is 0.163. The second-order valence-corrected chi connectivity index (χ2v) is 3.32. The van der Waals surface area contributed by atoms with Crippen LogP contribution in [-0.4, -0.2) is 19.1 Å². The Kier molecular flexibility index (Phi) is 4.84. The second-order valence-electron chi connectivity index (χ2n) is 3.32. The third-order valence-electron chi connectivity index (χ3n) is 2.16. The van der Waals surface area contributed by atoms with E-state index in [-0.39, 0.29) is 18.6 Å². The molecule has 0 aliphatic rings. The average molecular weight is 207 g/mol. The van der Waals surface area contributed by atoms with Crippen LogP contribution in [0.2, 0.25) is 0 Å². The molecule has 0 heterocycles. The van der Waals surface area contributed by atoms with E-state index < -0.39 is 0 Å². The van der Waals surface area contributed by atoms with Gasteiger partial charge in [0, 0.05) is 6.04 Å². The van der Waals surface area contributed by atoms with Crippen LogP contribution in [0, 0.1) is 0 Å². The summed E-state index contributed by atoms with van der Waals surface area (Å²) >= 11 is 0. The van der Waals surface area contributed by atoms with Crippen molar-refractivity contribution in [2.75, 3.05) is 13.2 Å². The van der Waals surface area contributed by atoms with Gasteiger partial charge in [0.2, 0.25) is 0 Å². The molecule has 1 aromatic carbocycles. The number of benzene rings is 1. The van der Waals surface area contributed by atoms with E-state index in [1.807, 2.05) is 37.3 Å². The topological polar surface area (TPSA) is 38.3 Å². The third-order valence-corrected chi connectivity index (χ3v) is 2.16. The summed E-state index contributed by atoms with van der Waals surface area (Å²) < 4.78 is 4.83. The molecular formula is C12H17NO2. The summed E-state index contributed by atoms with van der Waals surface area (Å²) in [5.74, 6) is -0.208. The number of carbonyl (C=O) groups excluding carboxylic acids is 1. The molecule has 1 rings (SSSR count). The van der Waals surface area contributed by atoms with Crippen LogP contribution < -0.4 is 5.32 Å². The van der Waals surface area contributed by atoms with E-state index in [1.165, 1.54) is 5.56 Å². The molecule has 82 valence electrons. The molecule has 0 saturated carbocycles. The van der Waals surface area contributed by atoms with E-state index in [9.17, 15) is 4.79 Å². The maximum absolute atomic E-state index is 11.1. The van der Waals surface area contributed by atoms with Gasteiger partial charge in [0.05, 0.1) is 13.2 Å². The molecule has 1 N–H and O–H groups in total. The van der Waals surface area contributed by atoms with Gasteiger partial charge in [-0.3, -0.25) is 4.79 Å². The summed E-state index contributed by atoms with van der Waals surface area (Å²) in [6, 6.07) is 10.2. The zero-order valence-corrected chi connectivity index (χ0v) is 9.19. The highest BCUT2D eigenvalue weighted by Gasteiger charge is 2.06. The molecule has 0 aromatic heterocycles. The van der Waals surface area contributed by atoms with Gasteiger partial charge in [-0.25, -0.2) is 0 Å². The van der Waals surface area contributed by atoms with Gasteiger partial charge in [-0.15, -0.1) is 0 Å². The van der Waals surface area contributed by atoms with Gasteiger partial charge < -0.3 is 10.1 Å². The summed E-state index contributed by atoms with van der Waals surface area (Å²) in [6.45, 7) is 4.51. The van der Waals surface area contributed by atoms with Crippen LogP contribution in [0.5, 0.6) is 0 Å². The average Bonchev–Trinajstić information content (AvgIpc) is 2.27. The van der Waals surface area contributed by atoms with Crippen molar-refractivity contribution < 1.29 is 9.53 Å². The van der Waals surface area contributed by atoms with Crippen molar-refractivity contribution >= 4 is 5.97 Å². The molecule has 1 atom stereocenters. The highest BCUT2D eigenvalue weighted by atomic mass is 16.5. The van der Waals surface area contributed by atoms with Crippen molar-refractivity contribution in [1.82, 2.24) is 5.32 Å². The van der Waals surface area contributed by atoms with Crippen molar-refractivity contribution in [3.8, 4) is 0 Å². The van der Waals surface area contributed by atoms with E-state index in [0.717, 1.165) is 0 Å². The highest BCUT2D eigenvalue weighted by molar-refractivity contribution is 5.71. The quantitative estimate of drug-likeness (QED) is 0.749. The maximum atomic E-state index is 11.1. The van der Waals surface area contributed by atoms with Crippen LogP contribution in [0.1, 0.15) is 25.5 Å². The lowest BCUT2D eigenvalue weighted by atomic mass is 10.1. The molecule has 0 aliphatic heterocycles. The standard InChI is InChI=1S/C12H17NO2/c1-3-15-12(14)9-13-10(2)11-7-5-4-6-8-11/h4-8,10,13H,3,9H2,1-2H3/t10-/m0/s1. The molecule has 1 aromatic rings. The van der Waals surface area contributed by atoms with Crippen molar-refractivity contribution in [2.45, 2.75) is 19.9 Å². The monoisotopic (exact) mass is 207 g/mol. The predicted molar refractivity (Wildman–Crippen MR) is 59.5 cm³/mol.